The Bertz CT molecular complexity index is 463. The van der Waals surface area contributed by atoms with E-state index in [1.165, 1.54) is 16.7 Å². The largest absolute Gasteiger partial charge is 0.477 e. The van der Waals surface area contributed by atoms with E-state index in [0.29, 0.717) is 11.3 Å². The summed E-state index contributed by atoms with van der Waals surface area (Å²) in [6.45, 7) is 3.59. The first-order valence-corrected chi connectivity index (χ1v) is 7.69. The van der Waals surface area contributed by atoms with E-state index in [-0.39, 0.29) is 23.0 Å². The second-order valence-electron chi connectivity index (χ2n) is 5.25. The number of carboxylic acid groups (broad SMARTS) is 1. The summed E-state index contributed by atoms with van der Waals surface area (Å²) in [5, 5.41) is 18.6. The van der Waals surface area contributed by atoms with Crippen LogP contribution in [0, 0.1) is 5.92 Å². The van der Waals surface area contributed by atoms with Crippen molar-refractivity contribution in [2.45, 2.75) is 50.6 Å². The fourth-order valence-corrected chi connectivity index (χ4v) is 4.28. The predicted molar refractivity (Wildman–Crippen MR) is 75.6 cm³/mol. The number of aliphatic hydroxyl groups excluding tert-OH is 1. The number of nitrogens with zero attached hydrogens (tertiary/aromatic N) is 1. The third-order valence-electron chi connectivity index (χ3n) is 3.73. The van der Waals surface area contributed by atoms with Gasteiger partial charge in [-0.1, -0.05) is 31.5 Å². The smallest absolute Gasteiger partial charge is 0.353 e. The summed E-state index contributed by atoms with van der Waals surface area (Å²) < 4.78 is 0. The van der Waals surface area contributed by atoms with E-state index >= 15 is 0 Å². The number of aliphatic hydroxyl groups is 1. The molecule has 0 bridgehead atoms. The topological polar surface area (TPSA) is 104 Å². The maximum Gasteiger partial charge on any atom is 0.353 e. The number of carboxylic acids is 1. The third kappa shape index (κ3) is 2.34. The normalized spacial score (nSPS) is 28.2. The van der Waals surface area contributed by atoms with Crippen molar-refractivity contribution in [1.82, 2.24) is 4.90 Å². The quantitative estimate of drug-likeness (QED) is 0.624. The van der Waals surface area contributed by atoms with E-state index in [9.17, 15) is 19.8 Å². The van der Waals surface area contributed by atoms with Gasteiger partial charge >= 0.3 is 5.97 Å². The minimum Gasteiger partial charge on any atom is -0.477 e. The van der Waals surface area contributed by atoms with Crippen LogP contribution in [-0.4, -0.2) is 44.5 Å². The lowest BCUT2D eigenvalue weighted by Crippen LogP contribution is -2.60. The van der Waals surface area contributed by atoms with Gasteiger partial charge in [0.2, 0.25) is 5.91 Å². The zero-order valence-electron chi connectivity index (χ0n) is 11.6. The Morgan fingerprint density at radius 2 is 2.20 bits per heavy atom. The van der Waals surface area contributed by atoms with Crippen LogP contribution in [0.4, 0.5) is 0 Å². The molecule has 2 aliphatic heterocycles. The summed E-state index contributed by atoms with van der Waals surface area (Å²) in [7, 11) is 0. The van der Waals surface area contributed by atoms with E-state index in [1.807, 2.05) is 6.92 Å². The average molecular weight is 300 g/mol. The highest BCUT2D eigenvalue weighted by Gasteiger charge is 2.58. The van der Waals surface area contributed by atoms with Crippen molar-refractivity contribution in [3.63, 3.8) is 0 Å². The van der Waals surface area contributed by atoms with Gasteiger partial charge in [0, 0.05) is 10.9 Å². The number of carbonyl (C=O) groups is 2. The SMILES string of the molecule is CCCC[C@@H](N)C1=C(C(=O)O)N2C(=O)[C@H](C(C)O)[C@H]2S1. The maximum absolute atomic E-state index is 12.0. The summed E-state index contributed by atoms with van der Waals surface area (Å²) in [5.41, 5.74) is 6.08. The summed E-state index contributed by atoms with van der Waals surface area (Å²) in [6, 6.07) is -0.362. The van der Waals surface area contributed by atoms with Gasteiger partial charge in [0.1, 0.15) is 11.1 Å². The first-order valence-electron chi connectivity index (χ1n) is 6.81. The number of hydrogen-bond donors (Lipinski definition) is 3. The highest BCUT2D eigenvalue weighted by molar-refractivity contribution is 8.04. The number of nitrogens with two attached hydrogens (primary N) is 1. The molecule has 2 rings (SSSR count). The second kappa shape index (κ2) is 5.75. The zero-order chi connectivity index (χ0) is 15.0. The molecule has 20 heavy (non-hydrogen) atoms. The molecule has 0 spiro atoms. The second-order valence-corrected chi connectivity index (χ2v) is 6.41. The highest BCUT2D eigenvalue weighted by Crippen LogP contribution is 2.51. The van der Waals surface area contributed by atoms with Gasteiger partial charge in [0.05, 0.1) is 12.0 Å². The predicted octanol–water partition coefficient (Wildman–Crippen LogP) is 0.712. The van der Waals surface area contributed by atoms with Gasteiger partial charge < -0.3 is 15.9 Å². The molecule has 4 N–H and O–H groups in total. The zero-order valence-corrected chi connectivity index (χ0v) is 12.4. The van der Waals surface area contributed by atoms with Gasteiger partial charge in [-0.15, -0.1) is 0 Å². The van der Waals surface area contributed by atoms with Crippen molar-refractivity contribution in [3.8, 4) is 0 Å². The minimum atomic E-state index is -1.13. The molecule has 6 nitrogen and oxygen atoms in total. The molecule has 0 aromatic heterocycles. The number of β-lactam (4-membered cyclic amide) rings is 1. The number of thioether (sulfide) groups is 1. The van der Waals surface area contributed by atoms with Gasteiger partial charge in [0.15, 0.2) is 0 Å². The van der Waals surface area contributed by atoms with Crippen molar-refractivity contribution in [2.75, 3.05) is 0 Å². The molecule has 112 valence electrons. The van der Waals surface area contributed by atoms with Crippen LogP contribution < -0.4 is 5.73 Å². The molecule has 2 aliphatic rings. The molecule has 2 heterocycles. The van der Waals surface area contributed by atoms with Gasteiger partial charge in [-0.05, 0) is 13.3 Å². The number of amides is 1. The molecule has 0 radical (unpaired) electrons. The number of aliphatic carboxylic acids is 1. The Labute approximate surface area is 122 Å². The van der Waals surface area contributed by atoms with Crippen LogP contribution in [-0.2, 0) is 9.59 Å². The number of rotatable bonds is 6. The molecule has 0 saturated carbocycles. The highest BCUT2D eigenvalue weighted by atomic mass is 32.2. The summed E-state index contributed by atoms with van der Waals surface area (Å²) >= 11 is 1.31. The van der Waals surface area contributed by atoms with Gasteiger partial charge in [0.25, 0.3) is 0 Å². The van der Waals surface area contributed by atoms with Crippen molar-refractivity contribution >= 4 is 23.6 Å². The molecule has 0 aromatic carbocycles. The first kappa shape index (κ1) is 15.3. The van der Waals surface area contributed by atoms with Crippen LogP contribution in [0.15, 0.2) is 10.6 Å². The van der Waals surface area contributed by atoms with Crippen molar-refractivity contribution in [3.05, 3.63) is 10.6 Å². The van der Waals surface area contributed by atoms with E-state index in [0.717, 1.165) is 12.8 Å². The van der Waals surface area contributed by atoms with E-state index in [1.54, 1.807) is 6.92 Å². The Kier molecular flexibility index (Phi) is 4.41. The third-order valence-corrected chi connectivity index (χ3v) is 5.23. The van der Waals surface area contributed by atoms with Crippen molar-refractivity contribution in [2.24, 2.45) is 11.7 Å². The first-order chi connectivity index (χ1) is 9.40. The molecule has 1 fully saturated rings. The van der Waals surface area contributed by atoms with Crippen molar-refractivity contribution < 1.29 is 19.8 Å². The maximum atomic E-state index is 12.0. The molecule has 1 saturated heterocycles. The molecule has 1 unspecified atom stereocenters. The molecule has 1 amide bonds. The van der Waals surface area contributed by atoms with Crippen LogP contribution in [0.25, 0.3) is 0 Å². The molecule has 4 atom stereocenters. The lowest BCUT2D eigenvalue weighted by Gasteiger charge is -2.43. The van der Waals surface area contributed by atoms with E-state index in [4.69, 9.17) is 5.73 Å². The Hall–Kier alpha value is -1.05. The van der Waals surface area contributed by atoms with Crippen molar-refractivity contribution in [1.29, 1.82) is 0 Å². The Morgan fingerprint density at radius 3 is 2.70 bits per heavy atom. The molecule has 0 aliphatic carbocycles. The number of carbonyl (C=O) groups excluding carboxylic acids is 1. The fraction of sp³-hybridized carbons (Fsp3) is 0.692. The van der Waals surface area contributed by atoms with Crippen LogP contribution in [0.5, 0.6) is 0 Å². The fourth-order valence-electron chi connectivity index (χ4n) is 2.63. The van der Waals surface area contributed by atoms with Gasteiger partial charge in [-0.25, -0.2) is 4.79 Å². The number of fused-ring (bicyclic) bond motifs is 1. The summed E-state index contributed by atoms with van der Waals surface area (Å²) in [4.78, 5) is 25.2. The molecule has 0 aromatic rings. The Balaban J connectivity index is 2.23. The van der Waals surface area contributed by atoms with E-state index < -0.39 is 18.0 Å². The summed E-state index contributed by atoms with van der Waals surface area (Å²) in [6.07, 6.45) is 1.81. The lowest BCUT2D eigenvalue weighted by atomic mass is 9.92. The van der Waals surface area contributed by atoms with Gasteiger partial charge in [-0.2, -0.15) is 0 Å². The molecular weight excluding hydrogens is 280 g/mol. The average Bonchev–Trinajstić information content (AvgIpc) is 2.70. The van der Waals surface area contributed by atoms with Crippen LogP contribution >= 0.6 is 11.8 Å². The minimum absolute atomic E-state index is 0.00510. The monoisotopic (exact) mass is 300 g/mol. The molecular formula is C13H20N2O4S. The van der Waals surface area contributed by atoms with Crippen LogP contribution in [0.1, 0.15) is 33.1 Å². The number of hydrogen-bond acceptors (Lipinski definition) is 5. The van der Waals surface area contributed by atoms with Gasteiger partial charge in [-0.3, -0.25) is 9.69 Å². The standard InChI is InChI=1S/C13H20N2O4S/c1-3-4-5-7(14)10-9(13(18)19)15-11(17)8(6(2)16)12(15)20-10/h6-8,12,16H,3-5,14H2,1-2H3,(H,18,19)/t6?,7-,8+,12-/m1/s1. The van der Waals surface area contributed by atoms with E-state index in [2.05, 4.69) is 0 Å². The summed E-state index contributed by atoms with van der Waals surface area (Å²) in [5.74, 6) is -1.99. The van der Waals surface area contributed by atoms with Crippen LogP contribution in [0.3, 0.4) is 0 Å². The number of unbranched alkanes of at least 4 members (excludes halogenated alkanes) is 1. The van der Waals surface area contributed by atoms with Crippen LogP contribution in [0.2, 0.25) is 0 Å². The molecule has 7 heteroatoms. The lowest BCUT2D eigenvalue weighted by molar-refractivity contribution is -0.156. The Morgan fingerprint density at radius 1 is 1.55 bits per heavy atom.